The van der Waals surface area contributed by atoms with Gasteiger partial charge in [0, 0.05) is 18.5 Å². The van der Waals surface area contributed by atoms with Crippen molar-refractivity contribution in [2.75, 3.05) is 13.1 Å². The fraction of sp³-hybridized carbons (Fsp3) is 0.250. The van der Waals surface area contributed by atoms with Gasteiger partial charge in [0.15, 0.2) is 11.6 Å². The average Bonchev–Trinajstić information content (AvgIpc) is 2.40. The molecule has 3 rings (SSSR count). The Hall–Kier alpha value is -1.81. The van der Waals surface area contributed by atoms with Crippen LogP contribution in [0.25, 0.3) is 0 Å². The van der Waals surface area contributed by atoms with Gasteiger partial charge in [-0.25, -0.2) is 13.2 Å². The minimum atomic E-state index is -0.863. The van der Waals surface area contributed by atoms with Gasteiger partial charge in [-0.05, 0) is 29.7 Å². The quantitative estimate of drug-likeness (QED) is 0.908. The highest BCUT2D eigenvalue weighted by Crippen LogP contribution is 2.34. The molecule has 0 aromatic heterocycles. The molecule has 0 radical (unpaired) electrons. The van der Waals surface area contributed by atoms with Crippen LogP contribution in [0.15, 0.2) is 42.5 Å². The van der Waals surface area contributed by atoms with Crippen LogP contribution < -0.4 is 5.32 Å². The van der Waals surface area contributed by atoms with Crippen LogP contribution in [-0.4, -0.2) is 13.1 Å². The highest BCUT2D eigenvalue weighted by Gasteiger charge is 2.41. The lowest BCUT2D eigenvalue weighted by Crippen LogP contribution is -2.58. The third kappa shape index (κ3) is 2.10. The van der Waals surface area contributed by atoms with Gasteiger partial charge in [-0.1, -0.05) is 30.3 Å². The van der Waals surface area contributed by atoms with Crippen molar-refractivity contribution in [1.29, 1.82) is 0 Å². The molecule has 1 N–H and O–H groups in total. The van der Waals surface area contributed by atoms with Gasteiger partial charge in [0.05, 0.1) is 0 Å². The number of halogens is 3. The standard InChI is InChI=1S/C16H14F3N/c17-13-6-2-1-5-12(13)16(9-20-10-16)8-11-4-3-7-14(18)15(11)19/h1-7,20H,8-10H2. The molecule has 1 fully saturated rings. The SMILES string of the molecule is Fc1ccccc1C1(Cc2cccc(F)c2F)CNC1. The molecule has 1 aliphatic rings. The van der Waals surface area contributed by atoms with E-state index in [2.05, 4.69) is 5.32 Å². The van der Waals surface area contributed by atoms with Crippen molar-refractivity contribution in [1.82, 2.24) is 5.32 Å². The van der Waals surface area contributed by atoms with Crippen LogP contribution in [0.1, 0.15) is 11.1 Å². The zero-order valence-electron chi connectivity index (χ0n) is 10.8. The van der Waals surface area contributed by atoms with Gasteiger partial charge < -0.3 is 5.32 Å². The molecular weight excluding hydrogens is 263 g/mol. The first-order valence-electron chi connectivity index (χ1n) is 6.51. The van der Waals surface area contributed by atoms with E-state index in [-0.39, 0.29) is 17.8 Å². The molecule has 1 saturated heterocycles. The number of benzene rings is 2. The second kappa shape index (κ2) is 4.94. The van der Waals surface area contributed by atoms with E-state index in [1.165, 1.54) is 12.1 Å². The third-order valence-corrected chi connectivity index (χ3v) is 3.93. The summed E-state index contributed by atoms with van der Waals surface area (Å²) < 4.78 is 41.1. The Kier molecular flexibility index (Phi) is 3.26. The Morgan fingerprint density at radius 1 is 0.900 bits per heavy atom. The third-order valence-electron chi connectivity index (χ3n) is 3.93. The highest BCUT2D eigenvalue weighted by atomic mass is 19.2. The molecule has 0 unspecified atom stereocenters. The molecule has 1 heterocycles. The van der Waals surface area contributed by atoms with Crippen LogP contribution in [-0.2, 0) is 11.8 Å². The first-order valence-corrected chi connectivity index (χ1v) is 6.51. The van der Waals surface area contributed by atoms with Gasteiger partial charge >= 0.3 is 0 Å². The van der Waals surface area contributed by atoms with Gasteiger partial charge in [0.25, 0.3) is 0 Å². The van der Waals surface area contributed by atoms with Crippen molar-refractivity contribution in [2.24, 2.45) is 0 Å². The molecule has 2 aromatic carbocycles. The molecule has 104 valence electrons. The van der Waals surface area contributed by atoms with Crippen molar-refractivity contribution >= 4 is 0 Å². The predicted molar refractivity (Wildman–Crippen MR) is 71.0 cm³/mol. The molecule has 0 saturated carbocycles. The normalized spacial score (nSPS) is 16.8. The fourth-order valence-corrected chi connectivity index (χ4v) is 2.78. The zero-order chi connectivity index (χ0) is 14.2. The Morgan fingerprint density at radius 3 is 2.25 bits per heavy atom. The lowest BCUT2D eigenvalue weighted by Gasteiger charge is -2.43. The van der Waals surface area contributed by atoms with Crippen molar-refractivity contribution in [3.63, 3.8) is 0 Å². The molecule has 1 nitrogen and oxygen atoms in total. The Labute approximate surface area is 115 Å². The number of hydrogen-bond acceptors (Lipinski definition) is 1. The lowest BCUT2D eigenvalue weighted by molar-refractivity contribution is 0.262. The van der Waals surface area contributed by atoms with E-state index in [1.807, 2.05) is 0 Å². The van der Waals surface area contributed by atoms with Crippen LogP contribution in [0.3, 0.4) is 0 Å². The second-order valence-corrected chi connectivity index (χ2v) is 5.25. The van der Waals surface area contributed by atoms with Crippen molar-refractivity contribution in [3.05, 3.63) is 71.0 Å². The van der Waals surface area contributed by atoms with E-state index < -0.39 is 17.0 Å². The molecule has 0 spiro atoms. The maximum absolute atomic E-state index is 14.0. The van der Waals surface area contributed by atoms with E-state index in [9.17, 15) is 13.2 Å². The maximum Gasteiger partial charge on any atom is 0.162 e. The van der Waals surface area contributed by atoms with E-state index in [1.54, 1.807) is 24.3 Å². The second-order valence-electron chi connectivity index (χ2n) is 5.25. The fourth-order valence-electron chi connectivity index (χ4n) is 2.78. The lowest BCUT2D eigenvalue weighted by atomic mass is 9.70. The molecular formula is C16H14F3N. The van der Waals surface area contributed by atoms with E-state index in [0.717, 1.165) is 6.07 Å². The summed E-state index contributed by atoms with van der Waals surface area (Å²) in [6.45, 7) is 1.12. The minimum absolute atomic E-state index is 0.282. The smallest absolute Gasteiger partial charge is 0.162 e. The topological polar surface area (TPSA) is 12.0 Å². The van der Waals surface area contributed by atoms with Gasteiger partial charge in [-0.2, -0.15) is 0 Å². The first-order chi connectivity index (χ1) is 9.62. The van der Waals surface area contributed by atoms with Crippen LogP contribution in [0.4, 0.5) is 13.2 Å². The summed E-state index contributed by atoms with van der Waals surface area (Å²) in [4.78, 5) is 0. The van der Waals surface area contributed by atoms with Crippen LogP contribution in [0.5, 0.6) is 0 Å². The number of hydrogen-bond donors (Lipinski definition) is 1. The van der Waals surface area contributed by atoms with Crippen LogP contribution in [0.2, 0.25) is 0 Å². The van der Waals surface area contributed by atoms with Crippen LogP contribution >= 0.6 is 0 Å². The molecule has 0 bridgehead atoms. The van der Waals surface area contributed by atoms with Gasteiger partial charge in [-0.3, -0.25) is 0 Å². The first kappa shape index (κ1) is 13.2. The van der Waals surface area contributed by atoms with E-state index in [0.29, 0.717) is 18.7 Å². The molecule has 2 aromatic rings. The van der Waals surface area contributed by atoms with Gasteiger partial charge in [0.2, 0.25) is 0 Å². The molecule has 4 heteroatoms. The Bertz CT molecular complexity index is 635. The van der Waals surface area contributed by atoms with Gasteiger partial charge in [-0.15, -0.1) is 0 Å². The molecule has 0 amide bonds. The highest BCUT2D eigenvalue weighted by molar-refractivity contribution is 5.35. The summed E-state index contributed by atoms with van der Waals surface area (Å²) in [5.41, 5.74) is 0.345. The predicted octanol–water partition coefficient (Wildman–Crippen LogP) is 3.19. The molecule has 1 aliphatic heterocycles. The molecule has 20 heavy (non-hydrogen) atoms. The van der Waals surface area contributed by atoms with E-state index >= 15 is 0 Å². The zero-order valence-corrected chi connectivity index (χ0v) is 10.8. The van der Waals surface area contributed by atoms with Gasteiger partial charge in [0.1, 0.15) is 5.82 Å². The van der Waals surface area contributed by atoms with Crippen molar-refractivity contribution in [2.45, 2.75) is 11.8 Å². The average molecular weight is 277 g/mol. The van der Waals surface area contributed by atoms with Crippen molar-refractivity contribution in [3.8, 4) is 0 Å². The summed E-state index contributed by atoms with van der Waals surface area (Å²) in [7, 11) is 0. The van der Waals surface area contributed by atoms with Crippen LogP contribution in [0, 0.1) is 17.5 Å². The summed E-state index contributed by atoms with van der Waals surface area (Å²) in [6, 6.07) is 10.6. The number of nitrogens with one attached hydrogen (secondary N) is 1. The Morgan fingerprint density at radius 2 is 1.60 bits per heavy atom. The number of rotatable bonds is 3. The molecule has 0 aliphatic carbocycles. The van der Waals surface area contributed by atoms with Crippen molar-refractivity contribution < 1.29 is 13.2 Å². The monoisotopic (exact) mass is 277 g/mol. The van der Waals surface area contributed by atoms with E-state index in [4.69, 9.17) is 0 Å². The summed E-state index contributed by atoms with van der Waals surface area (Å²) >= 11 is 0. The summed E-state index contributed by atoms with van der Waals surface area (Å²) in [5, 5.41) is 3.10. The maximum atomic E-state index is 14.0. The minimum Gasteiger partial charge on any atom is -0.315 e. The largest absolute Gasteiger partial charge is 0.315 e. The Balaban J connectivity index is 1.99. The molecule has 0 atom stereocenters. The summed E-state index contributed by atoms with van der Waals surface area (Å²) in [6.07, 6.45) is 0.282. The summed E-state index contributed by atoms with van der Waals surface area (Å²) in [5.74, 6) is -2.00.